The first-order valence-electron chi connectivity index (χ1n) is 7.85. The minimum Gasteiger partial charge on any atom is -0.402 e. The van der Waals surface area contributed by atoms with Crippen LogP contribution in [0.4, 0.5) is 0 Å². The van der Waals surface area contributed by atoms with Crippen molar-refractivity contribution in [3.63, 3.8) is 0 Å². The summed E-state index contributed by atoms with van der Waals surface area (Å²) in [5.74, 6) is -0.370. The van der Waals surface area contributed by atoms with Gasteiger partial charge in [-0.3, -0.25) is 0 Å². The molecule has 8 heteroatoms. The van der Waals surface area contributed by atoms with Crippen molar-refractivity contribution >= 4 is 39.3 Å². The molecule has 1 aliphatic heterocycles. The van der Waals surface area contributed by atoms with E-state index in [9.17, 15) is 13.2 Å². The number of benzene rings is 1. The van der Waals surface area contributed by atoms with Crippen molar-refractivity contribution in [1.29, 1.82) is 0 Å². The number of hydrogen-bond acceptors (Lipinski definition) is 6. The van der Waals surface area contributed by atoms with Crippen LogP contribution in [0.3, 0.4) is 0 Å². The zero-order valence-corrected chi connectivity index (χ0v) is 16.1. The maximum atomic E-state index is 12.3. The van der Waals surface area contributed by atoms with E-state index in [4.69, 9.17) is 4.74 Å². The standard InChI is InChI=1S/C18H18N2O4S2/c1-18(2,3)20-26(22,23)14-8-6-12(7-9-14)16-19-15(17(21)24-16)11-13-5-4-10-25-13/h4-11,20H,1-3H3/b15-11-. The van der Waals surface area contributed by atoms with Gasteiger partial charge in [0.05, 0.1) is 4.90 Å². The molecule has 2 aromatic rings. The van der Waals surface area contributed by atoms with E-state index in [2.05, 4.69) is 9.71 Å². The Morgan fingerprint density at radius 1 is 1.15 bits per heavy atom. The van der Waals surface area contributed by atoms with E-state index in [0.29, 0.717) is 5.56 Å². The lowest BCUT2D eigenvalue weighted by molar-refractivity contribution is -0.129. The van der Waals surface area contributed by atoms with Crippen LogP contribution in [0.2, 0.25) is 0 Å². The van der Waals surface area contributed by atoms with Crippen molar-refractivity contribution in [2.45, 2.75) is 31.2 Å². The number of nitrogens with zero attached hydrogens (tertiary/aromatic N) is 1. The number of thiophene rings is 1. The van der Waals surface area contributed by atoms with E-state index in [1.54, 1.807) is 39.0 Å². The van der Waals surface area contributed by atoms with E-state index in [1.165, 1.54) is 23.5 Å². The van der Waals surface area contributed by atoms with E-state index >= 15 is 0 Å². The van der Waals surface area contributed by atoms with Gasteiger partial charge in [-0.1, -0.05) is 6.07 Å². The van der Waals surface area contributed by atoms with Crippen LogP contribution in [-0.4, -0.2) is 25.8 Å². The van der Waals surface area contributed by atoms with Gasteiger partial charge in [0.15, 0.2) is 5.70 Å². The summed E-state index contributed by atoms with van der Waals surface area (Å²) in [6.45, 7) is 5.31. The van der Waals surface area contributed by atoms with Gasteiger partial charge in [0.2, 0.25) is 15.9 Å². The normalized spacial score (nSPS) is 16.7. The van der Waals surface area contributed by atoms with Crippen molar-refractivity contribution in [2.75, 3.05) is 0 Å². The molecule has 0 aliphatic carbocycles. The second kappa shape index (κ2) is 6.79. The molecule has 0 radical (unpaired) electrons. The number of aliphatic imine (C=N–C) groups is 1. The Hall–Kier alpha value is -2.29. The highest BCUT2D eigenvalue weighted by Gasteiger charge is 2.26. The molecule has 0 unspecified atom stereocenters. The van der Waals surface area contributed by atoms with Crippen LogP contribution in [0.25, 0.3) is 6.08 Å². The molecule has 1 aromatic heterocycles. The number of hydrogen-bond donors (Lipinski definition) is 1. The molecule has 0 saturated heterocycles. The summed E-state index contributed by atoms with van der Waals surface area (Å²) in [5, 5.41) is 1.90. The summed E-state index contributed by atoms with van der Waals surface area (Å²) in [6.07, 6.45) is 1.66. The Morgan fingerprint density at radius 3 is 2.42 bits per heavy atom. The molecule has 136 valence electrons. The van der Waals surface area contributed by atoms with Gasteiger partial charge in [0.1, 0.15) is 0 Å². The van der Waals surface area contributed by atoms with Crippen molar-refractivity contribution in [3.8, 4) is 0 Å². The summed E-state index contributed by atoms with van der Waals surface area (Å²) in [6, 6.07) is 9.81. The molecular weight excluding hydrogens is 372 g/mol. The van der Waals surface area contributed by atoms with E-state index in [0.717, 1.165) is 4.88 Å². The summed E-state index contributed by atoms with van der Waals surface area (Å²) in [5.41, 5.74) is 0.167. The summed E-state index contributed by atoms with van der Waals surface area (Å²) in [4.78, 5) is 17.2. The Labute approximate surface area is 156 Å². The van der Waals surface area contributed by atoms with Crippen LogP contribution in [0.5, 0.6) is 0 Å². The largest absolute Gasteiger partial charge is 0.402 e. The SMILES string of the molecule is CC(C)(C)NS(=O)(=O)c1ccc(C2=N/C(=C\c3cccs3)C(=O)O2)cc1. The fourth-order valence-electron chi connectivity index (χ4n) is 2.28. The van der Waals surface area contributed by atoms with E-state index < -0.39 is 21.5 Å². The lowest BCUT2D eigenvalue weighted by Gasteiger charge is -2.20. The van der Waals surface area contributed by atoms with E-state index in [1.807, 2.05) is 17.5 Å². The molecule has 0 amide bonds. The third-order valence-electron chi connectivity index (χ3n) is 3.29. The number of cyclic esters (lactones) is 1. The number of esters is 1. The van der Waals surface area contributed by atoms with Crippen LogP contribution >= 0.6 is 11.3 Å². The molecule has 1 aliphatic rings. The summed E-state index contributed by atoms with van der Waals surface area (Å²) < 4.78 is 32.4. The molecule has 0 bridgehead atoms. The first-order chi connectivity index (χ1) is 12.1. The number of nitrogens with one attached hydrogen (secondary N) is 1. The fraction of sp³-hybridized carbons (Fsp3) is 0.222. The minimum absolute atomic E-state index is 0.135. The number of ether oxygens (including phenoxy) is 1. The first-order valence-corrected chi connectivity index (χ1v) is 10.2. The zero-order chi connectivity index (χ0) is 18.9. The highest BCUT2D eigenvalue weighted by Crippen LogP contribution is 2.22. The molecule has 1 aromatic carbocycles. The maximum Gasteiger partial charge on any atom is 0.363 e. The molecular formula is C18H18N2O4S2. The number of rotatable bonds is 4. The average Bonchev–Trinajstić information content (AvgIpc) is 3.16. The number of carbonyl (C=O) groups is 1. The third kappa shape index (κ3) is 4.27. The lowest BCUT2D eigenvalue weighted by atomic mass is 10.1. The second-order valence-electron chi connectivity index (χ2n) is 6.73. The summed E-state index contributed by atoms with van der Waals surface area (Å²) in [7, 11) is -3.62. The molecule has 6 nitrogen and oxygen atoms in total. The van der Waals surface area contributed by atoms with Crippen LogP contribution in [-0.2, 0) is 19.6 Å². The number of carbonyl (C=O) groups excluding carboxylic acids is 1. The van der Waals surface area contributed by atoms with Crippen LogP contribution < -0.4 is 4.72 Å². The molecule has 3 rings (SSSR count). The quantitative estimate of drug-likeness (QED) is 0.642. The minimum atomic E-state index is -3.62. The molecule has 26 heavy (non-hydrogen) atoms. The second-order valence-corrected chi connectivity index (χ2v) is 9.39. The molecule has 0 saturated carbocycles. The van der Waals surface area contributed by atoms with Gasteiger partial charge in [-0.25, -0.2) is 22.9 Å². The van der Waals surface area contributed by atoms with Crippen LogP contribution in [0.1, 0.15) is 31.2 Å². The van der Waals surface area contributed by atoms with Crippen molar-refractivity contribution in [2.24, 2.45) is 4.99 Å². The fourth-order valence-corrected chi connectivity index (χ4v) is 4.35. The molecule has 0 fully saturated rings. The topological polar surface area (TPSA) is 84.8 Å². The summed E-state index contributed by atoms with van der Waals surface area (Å²) >= 11 is 1.49. The Kier molecular flexibility index (Phi) is 4.83. The Bertz CT molecular complexity index is 981. The van der Waals surface area contributed by atoms with Gasteiger partial charge in [0, 0.05) is 16.0 Å². The molecule has 1 N–H and O–H groups in total. The first kappa shape index (κ1) is 18.5. The molecule has 0 spiro atoms. The lowest BCUT2D eigenvalue weighted by Crippen LogP contribution is -2.40. The Morgan fingerprint density at radius 2 is 1.85 bits per heavy atom. The van der Waals surface area contributed by atoms with Crippen LogP contribution in [0.15, 0.2) is 57.4 Å². The van der Waals surface area contributed by atoms with Crippen molar-refractivity contribution in [1.82, 2.24) is 4.72 Å². The van der Waals surface area contributed by atoms with Gasteiger partial charge in [-0.2, -0.15) is 0 Å². The third-order valence-corrected chi connectivity index (χ3v) is 5.89. The number of sulfonamides is 1. The van der Waals surface area contributed by atoms with Gasteiger partial charge >= 0.3 is 5.97 Å². The van der Waals surface area contributed by atoms with E-state index in [-0.39, 0.29) is 16.5 Å². The molecule has 0 atom stereocenters. The molecule has 2 heterocycles. The zero-order valence-electron chi connectivity index (χ0n) is 14.5. The highest BCUT2D eigenvalue weighted by molar-refractivity contribution is 7.89. The average molecular weight is 390 g/mol. The van der Waals surface area contributed by atoms with Gasteiger partial charge in [-0.05, 0) is 62.6 Å². The highest BCUT2D eigenvalue weighted by atomic mass is 32.2. The van der Waals surface area contributed by atoms with Gasteiger partial charge < -0.3 is 4.74 Å². The van der Waals surface area contributed by atoms with Crippen molar-refractivity contribution in [3.05, 3.63) is 57.9 Å². The monoisotopic (exact) mass is 390 g/mol. The maximum absolute atomic E-state index is 12.3. The van der Waals surface area contributed by atoms with Gasteiger partial charge in [-0.15, -0.1) is 11.3 Å². The van der Waals surface area contributed by atoms with Crippen molar-refractivity contribution < 1.29 is 17.9 Å². The Balaban J connectivity index is 1.84. The predicted molar refractivity (Wildman–Crippen MR) is 101 cm³/mol. The van der Waals surface area contributed by atoms with Gasteiger partial charge in [0.25, 0.3) is 0 Å². The predicted octanol–water partition coefficient (Wildman–Crippen LogP) is 3.17. The van der Waals surface area contributed by atoms with Crippen LogP contribution in [0, 0.1) is 0 Å². The smallest absolute Gasteiger partial charge is 0.363 e.